The minimum absolute atomic E-state index is 0.170. The summed E-state index contributed by atoms with van der Waals surface area (Å²) < 4.78 is 15.7. The number of rotatable bonds is 6. The zero-order valence-electron chi connectivity index (χ0n) is 13.8. The summed E-state index contributed by atoms with van der Waals surface area (Å²) in [5.74, 6) is 1.40. The van der Waals surface area contributed by atoms with E-state index in [1.54, 1.807) is 25.1 Å². The highest BCUT2D eigenvalue weighted by Crippen LogP contribution is 2.14. The maximum absolute atomic E-state index is 13.6. The van der Waals surface area contributed by atoms with Crippen LogP contribution in [-0.4, -0.2) is 26.7 Å². The number of nitrogens with zero attached hydrogens (tertiary/aromatic N) is 3. The van der Waals surface area contributed by atoms with Gasteiger partial charge in [0.15, 0.2) is 0 Å². The molecule has 3 rings (SSSR count). The number of aryl methyl sites for hydroxylation is 1. The lowest BCUT2D eigenvalue weighted by Crippen LogP contribution is -2.42. The molecule has 0 radical (unpaired) electrons. The summed E-state index contributed by atoms with van der Waals surface area (Å²) >= 11 is 0. The maximum atomic E-state index is 13.6. The smallest absolute Gasteiger partial charge is 0.237 e. The van der Waals surface area contributed by atoms with Crippen molar-refractivity contribution in [1.29, 1.82) is 0 Å². The third-order valence-corrected chi connectivity index (χ3v) is 4.31. The number of benzene rings is 1. The van der Waals surface area contributed by atoms with Crippen molar-refractivity contribution in [2.75, 3.05) is 0 Å². The van der Waals surface area contributed by atoms with Crippen LogP contribution in [-0.2, 0) is 30.8 Å². The number of carbonyl (C=O) groups excluding carboxylic acids is 1. The summed E-state index contributed by atoms with van der Waals surface area (Å²) in [6.45, 7) is 3.39. The Morgan fingerprint density at radius 2 is 2.12 bits per heavy atom. The van der Waals surface area contributed by atoms with Crippen molar-refractivity contribution >= 4 is 5.91 Å². The first-order valence-corrected chi connectivity index (χ1v) is 8.30. The molecule has 1 aliphatic rings. The molecule has 0 unspecified atom stereocenters. The number of fused-ring (bicyclic) bond motifs is 1. The lowest BCUT2D eigenvalue weighted by Gasteiger charge is -2.17. The van der Waals surface area contributed by atoms with Crippen LogP contribution in [0, 0.1) is 5.82 Å². The molecule has 0 fully saturated rings. The van der Waals surface area contributed by atoms with Crippen LogP contribution < -0.4 is 10.6 Å². The van der Waals surface area contributed by atoms with E-state index in [4.69, 9.17) is 0 Å². The van der Waals surface area contributed by atoms with Crippen LogP contribution >= 0.6 is 0 Å². The van der Waals surface area contributed by atoms with E-state index < -0.39 is 6.04 Å². The van der Waals surface area contributed by atoms with Crippen LogP contribution in [0.25, 0.3) is 0 Å². The van der Waals surface area contributed by atoms with E-state index in [2.05, 4.69) is 25.4 Å². The minimum Gasteiger partial charge on any atom is -0.351 e. The van der Waals surface area contributed by atoms with Gasteiger partial charge >= 0.3 is 0 Å². The summed E-state index contributed by atoms with van der Waals surface area (Å²) in [5.41, 5.74) is 0.476. The van der Waals surface area contributed by atoms with Crippen LogP contribution in [0.2, 0.25) is 0 Å². The first-order valence-electron chi connectivity index (χ1n) is 8.30. The quantitative estimate of drug-likeness (QED) is 0.842. The normalized spacial score (nSPS) is 14.9. The molecule has 128 valence electrons. The number of hydrogen-bond donors (Lipinski definition) is 2. The minimum atomic E-state index is -0.395. The number of nitrogens with one attached hydrogen (secondary N) is 2. The number of amides is 1. The number of hydrogen-bond acceptors (Lipinski definition) is 4. The molecule has 1 atom stereocenters. The van der Waals surface area contributed by atoms with Gasteiger partial charge in [-0.3, -0.25) is 10.1 Å². The van der Waals surface area contributed by atoms with Gasteiger partial charge in [-0.15, -0.1) is 10.2 Å². The second kappa shape index (κ2) is 7.53. The average molecular weight is 331 g/mol. The molecule has 0 spiro atoms. The predicted octanol–water partition coefficient (Wildman–Crippen LogP) is 1.55. The van der Waals surface area contributed by atoms with E-state index in [1.165, 1.54) is 6.07 Å². The Morgan fingerprint density at radius 3 is 2.96 bits per heavy atom. The average Bonchev–Trinajstić information content (AvgIpc) is 3.02. The van der Waals surface area contributed by atoms with Crippen molar-refractivity contribution in [2.24, 2.45) is 0 Å². The number of aromatic nitrogens is 3. The molecule has 1 aromatic carbocycles. The molecule has 0 aliphatic carbocycles. The van der Waals surface area contributed by atoms with Crippen molar-refractivity contribution in [3.05, 3.63) is 47.3 Å². The topological polar surface area (TPSA) is 71.8 Å². The Labute approximate surface area is 140 Å². The van der Waals surface area contributed by atoms with Gasteiger partial charge in [-0.05, 0) is 25.8 Å². The molecule has 6 nitrogen and oxygen atoms in total. The van der Waals surface area contributed by atoms with Crippen LogP contribution in [0.1, 0.15) is 37.0 Å². The lowest BCUT2D eigenvalue weighted by atomic mass is 10.1. The molecule has 2 N–H and O–H groups in total. The Balaban J connectivity index is 1.50. The molecule has 1 aromatic heterocycles. The maximum Gasteiger partial charge on any atom is 0.237 e. The fraction of sp³-hybridized carbons (Fsp3) is 0.471. The Morgan fingerprint density at radius 1 is 1.29 bits per heavy atom. The first-order chi connectivity index (χ1) is 11.6. The molecule has 2 heterocycles. The van der Waals surface area contributed by atoms with Crippen LogP contribution in [0.15, 0.2) is 24.3 Å². The summed E-state index contributed by atoms with van der Waals surface area (Å²) in [7, 11) is 0. The van der Waals surface area contributed by atoms with Crippen molar-refractivity contribution in [1.82, 2.24) is 25.4 Å². The van der Waals surface area contributed by atoms with Gasteiger partial charge in [-0.2, -0.15) is 0 Å². The fourth-order valence-corrected chi connectivity index (χ4v) is 2.81. The van der Waals surface area contributed by atoms with Crippen LogP contribution in [0.4, 0.5) is 4.39 Å². The molecular formula is C17H22FN5O. The van der Waals surface area contributed by atoms with Gasteiger partial charge in [-0.1, -0.05) is 18.2 Å². The third-order valence-electron chi connectivity index (χ3n) is 4.31. The Hall–Kier alpha value is -2.28. The molecule has 0 saturated heterocycles. The number of halogens is 1. The highest BCUT2D eigenvalue weighted by Gasteiger charge is 2.18. The SMILES string of the molecule is C[C@H](NCc1nnc2n1CCCC2)C(=O)NCc1ccccc1F. The van der Waals surface area contributed by atoms with Crippen molar-refractivity contribution in [3.8, 4) is 0 Å². The molecule has 1 aliphatic heterocycles. The second-order valence-corrected chi connectivity index (χ2v) is 6.05. The molecule has 24 heavy (non-hydrogen) atoms. The summed E-state index contributed by atoms with van der Waals surface area (Å²) in [5, 5.41) is 14.3. The van der Waals surface area contributed by atoms with Crippen molar-refractivity contribution < 1.29 is 9.18 Å². The van der Waals surface area contributed by atoms with E-state index in [0.717, 1.165) is 37.5 Å². The monoisotopic (exact) mass is 331 g/mol. The third kappa shape index (κ3) is 3.79. The van der Waals surface area contributed by atoms with Gasteiger partial charge in [-0.25, -0.2) is 4.39 Å². The lowest BCUT2D eigenvalue weighted by molar-refractivity contribution is -0.123. The van der Waals surface area contributed by atoms with E-state index in [-0.39, 0.29) is 18.3 Å². The van der Waals surface area contributed by atoms with Gasteiger partial charge in [0.25, 0.3) is 0 Å². The molecule has 0 bridgehead atoms. The molecular weight excluding hydrogens is 309 g/mol. The standard InChI is InChI=1S/C17H22FN5O/c1-12(17(24)20-10-13-6-2-3-7-14(13)18)19-11-16-22-21-15-8-4-5-9-23(15)16/h2-3,6-7,12,19H,4-5,8-11H2,1H3,(H,20,24)/t12-/m0/s1. The predicted molar refractivity (Wildman–Crippen MR) is 87.5 cm³/mol. The second-order valence-electron chi connectivity index (χ2n) is 6.05. The van der Waals surface area contributed by atoms with Gasteiger partial charge in [0.05, 0.1) is 12.6 Å². The summed E-state index contributed by atoms with van der Waals surface area (Å²) in [6.07, 6.45) is 3.25. The van der Waals surface area contributed by atoms with Gasteiger partial charge in [0.2, 0.25) is 5.91 Å². The zero-order chi connectivity index (χ0) is 16.9. The van der Waals surface area contributed by atoms with Gasteiger partial charge < -0.3 is 9.88 Å². The van der Waals surface area contributed by atoms with E-state index >= 15 is 0 Å². The van der Waals surface area contributed by atoms with E-state index in [9.17, 15) is 9.18 Å². The largest absolute Gasteiger partial charge is 0.351 e. The van der Waals surface area contributed by atoms with Crippen molar-refractivity contribution in [2.45, 2.75) is 51.9 Å². The first kappa shape index (κ1) is 16.6. The molecule has 1 amide bonds. The van der Waals surface area contributed by atoms with Crippen molar-refractivity contribution in [3.63, 3.8) is 0 Å². The van der Waals surface area contributed by atoms with E-state index in [0.29, 0.717) is 12.1 Å². The van der Waals surface area contributed by atoms with Crippen LogP contribution in [0.5, 0.6) is 0 Å². The summed E-state index contributed by atoms with van der Waals surface area (Å²) in [6, 6.07) is 6.03. The number of carbonyl (C=O) groups is 1. The zero-order valence-corrected chi connectivity index (χ0v) is 13.8. The molecule has 7 heteroatoms. The fourth-order valence-electron chi connectivity index (χ4n) is 2.81. The molecule has 2 aromatic rings. The Kier molecular flexibility index (Phi) is 5.20. The summed E-state index contributed by atoms with van der Waals surface area (Å²) in [4.78, 5) is 12.1. The van der Waals surface area contributed by atoms with E-state index in [1.807, 2.05) is 0 Å². The highest BCUT2D eigenvalue weighted by molar-refractivity contribution is 5.81. The van der Waals surface area contributed by atoms with Gasteiger partial charge in [0, 0.05) is 25.1 Å². The molecule has 0 saturated carbocycles. The van der Waals surface area contributed by atoms with Gasteiger partial charge in [0.1, 0.15) is 17.5 Å². The van der Waals surface area contributed by atoms with Crippen LogP contribution in [0.3, 0.4) is 0 Å². The highest BCUT2D eigenvalue weighted by atomic mass is 19.1. The Bertz CT molecular complexity index is 715.